The fraction of sp³-hybridized carbons (Fsp3) is 0.350. The fourth-order valence-corrected chi connectivity index (χ4v) is 3.58. The molecule has 4 rings (SSSR count). The SMILES string of the molecule is O=C(CN1CCN(c2ccc(Br)cn2)CC1)NC(=O)Nc1ccc2c(c1)OCCO2. The number of hydrogen-bond donors (Lipinski definition) is 2. The number of nitrogens with zero attached hydrogens (tertiary/aromatic N) is 3. The lowest BCUT2D eigenvalue weighted by Gasteiger charge is -2.34. The van der Waals surface area contributed by atoms with E-state index < -0.39 is 6.03 Å². The number of urea groups is 1. The van der Waals surface area contributed by atoms with Gasteiger partial charge in [0.1, 0.15) is 19.0 Å². The van der Waals surface area contributed by atoms with Crippen LogP contribution in [0.2, 0.25) is 0 Å². The first-order chi connectivity index (χ1) is 14.6. The Kier molecular flexibility index (Phi) is 6.34. The number of rotatable bonds is 4. The minimum Gasteiger partial charge on any atom is -0.486 e. The second kappa shape index (κ2) is 9.31. The number of pyridine rings is 1. The monoisotopic (exact) mass is 475 g/mol. The number of anilines is 2. The van der Waals surface area contributed by atoms with E-state index in [2.05, 4.69) is 36.4 Å². The Morgan fingerprint density at radius 3 is 2.53 bits per heavy atom. The zero-order valence-corrected chi connectivity index (χ0v) is 17.9. The number of fused-ring (bicyclic) bond motifs is 1. The minimum absolute atomic E-state index is 0.163. The van der Waals surface area contributed by atoms with E-state index in [1.807, 2.05) is 17.0 Å². The molecule has 1 fully saturated rings. The van der Waals surface area contributed by atoms with Gasteiger partial charge < -0.3 is 19.7 Å². The molecule has 0 unspecified atom stereocenters. The number of halogens is 1. The summed E-state index contributed by atoms with van der Waals surface area (Å²) < 4.78 is 11.9. The standard InChI is InChI=1S/C20H22BrN5O4/c21-14-1-4-18(22-12-14)26-7-5-25(6-8-26)13-19(27)24-20(28)23-15-2-3-16-17(11-15)30-10-9-29-16/h1-4,11-12H,5-10,13H2,(H2,23,24,27,28). The average Bonchev–Trinajstić information content (AvgIpc) is 2.74. The van der Waals surface area contributed by atoms with Crippen molar-refractivity contribution in [3.8, 4) is 11.5 Å². The number of carbonyl (C=O) groups is 2. The van der Waals surface area contributed by atoms with E-state index in [1.54, 1.807) is 24.4 Å². The molecule has 1 saturated heterocycles. The van der Waals surface area contributed by atoms with E-state index in [0.29, 0.717) is 30.4 Å². The fourth-order valence-electron chi connectivity index (χ4n) is 3.34. The van der Waals surface area contributed by atoms with E-state index >= 15 is 0 Å². The summed E-state index contributed by atoms with van der Waals surface area (Å²) in [6.45, 7) is 4.10. The number of hydrogen-bond acceptors (Lipinski definition) is 7. The molecule has 1 aromatic heterocycles. The minimum atomic E-state index is -0.575. The number of piperazine rings is 1. The number of nitrogens with one attached hydrogen (secondary N) is 2. The van der Waals surface area contributed by atoms with Gasteiger partial charge in [-0.05, 0) is 40.2 Å². The Bertz CT molecular complexity index is 916. The maximum atomic E-state index is 12.2. The van der Waals surface area contributed by atoms with Gasteiger partial charge in [-0.1, -0.05) is 0 Å². The Labute approximate surface area is 182 Å². The predicted molar refractivity (Wildman–Crippen MR) is 115 cm³/mol. The third-order valence-electron chi connectivity index (χ3n) is 4.83. The highest BCUT2D eigenvalue weighted by Crippen LogP contribution is 2.32. The van der Waals surface area contributed by atoms with Crippen molar-refractivity contribution < 1.29 is 19.1 Å². The van der Waals surface area contributed by atoms with E-state index in [4.69, 9.17) is 9.47 Å². The third kappa shape index (κ3) is 5.19. The Morgan fingerprint density at radius 1 is 1.03 bits per heavy atom. The molecule has 3 amide bonds. The highest BCUT2D eigenvalue weighted by Gasteiger charge is 2.21. The van der Waals surface area contributed by atoms with Crippen LogP contribution in [0.4, 0.5) is 16.3 Å². The summed E-state index contributed by atoms with van der Waals surface area (Å²) in [5.74, 6) is 1.78. The van der Waals surface area contributed by atoms with Crippen molar-refractivity contribution in [3.63, 3.8) is 0 Å². The lowest BCUT2D eigenvalue weighted by atomic mass is 10.2. The number of ether oxygens (including phenoxy) is 2. The first kappa shape index (κ1) is 20.4. The Morgan fingerprint density at radius 2 is 1.80 bits per heavy atom. The van der Waals surface area contributed by atoms with Crippen molar-refractivity contribution >= 4 is 39.4 Å². The molecule has 9 nitrogen and oxygen atoms in total. The molecule has 158 valence electrons. The molecule has 0 bridgehead atoms. The van der Waals surface area contributed by atoms with Crippen LogP contribution in [0.25, 0.3) is 0 Å². The lowest BCUT2D eigenvalue weighted by Crippen LogP contribution is -2.50. The maximum Gasteiger partial charge on any atom is 0.325 e. The molecule has 2 N–H and O–H groups in total. The summed E-state index contributed by atoms with van der Waals surface area (Å²) in [6, 6.07) is 8.46. The molecule has 0 atom stereocenters. The number of imide groups is 1. The van der Waals surface area contributed by atoms with Crippen molar-refractivity contribution in [1.29, 1.82) is 0 Å². The van der Waals surface area contributed by atoms with E-state index in [1.165, 1.54) is 0 Å². The molecule has 0 spiro atoms. The summed E-state index contributed by atoms with van der Waals surface area (Å²) in [4.78, 5) is 33.0. The zero-order valence-electron chi connectivity index (χ0n) is 16.3. The molecule has 3 heterocycles. The topological polar surface area (TPSA) is 96.0 Å². The third-order valence-corrected chi connectivity index (χ3v) is 5.30. The van der Waals surface area contributed by atoms with Crippen LogP contribution in [0.1, 0.15) is 0 Å². The summed E-state index contributed by atoms with van der Waals surface area (Å²) in [7, 11) is 0. The van der Waals surface area contributed by atoms with Crippen LogP contribution < -0.4 is 25.0 Å². The molecule has 0 radical (unpaired) electrons. The summed E-state index contributed by atoms with van der Waals surface area (Å²) in [6.07, 6.45) is 1.77. The number of aromatic nitrogens is 1. The highest BCUT2D eigenvalue weighted by molar-refractivity contribution is 9.10. The van der Waals surface area contributed by atoms with E-state index in [0.717, 1.165) is 36.5 Å². The molecule has 10 heteroatoms. The lowest BCUT2D eigenvalue weighted by molar-refractivity contribution is -0.121. The quantitative estimate of drug-likeness (QED) is 0.698. The smallest absolute Gasteiger partial charge is 0.325 e. The van der Waals surface area contributed by atoms with E-state index in [9.17, 15) is 9.59 Å². The summed E-state index contributed by atoms with van der Waals surface area (Å²) in [5.41, 5.74) is 0.528. The summed E-state index contributed by atoms with van der Waals surface area (Å²) in [5, 5.41) is 5.02. The van der Waals surface area contributed by atoms with Gasteiger partial charge in [0.25, 0.3) is 0 Å². The molecular formula is C20H22BrN5O4. The van der Waals surface area contributed by atoms with Crippen LogP contribution in [0, 0.1) is 0 Å². The first-order valence-electron chi connectivity index (χ1n) is 9.66. The van der Waals surface area contributed by atoms with Crippen molar-refractivity contribution in [3.05, 3.63) is 41.0 Å². The Balaban J connectivity index is 1.22. The average molecular weight is 476 g/mol. The second-order valence-corrected chi connectivity index (χ2v) is 7.87. The van der Waals surface area contributed by atoms with Crippen LogP contribution in [0.15, 0.2) is 41.0 Å². The normalized spacial score (nSPS) is 16.1. The van der Waals surface area contributed by atoms with Gasteiger partial charge in [0, 0.05) is 48.6 Å². The second-order valence-electron chi connectivity index (χ2n) is 6.96. The molecule has 2 aliphatic heterocycles. The number of carbonyl (C=O) groups excluding carboxylic acids is 2. The summed E-state index contributed by atoms with van der Waals surface area (Å²) >= 11 is 3.38. The molecule has 2 aliphatic rings. The molecule has 0 aliphatic carbocycles. The molecule has 0 saturated carbocycles. The molecule has 1 aromatic carbocycles. The van der Waals surface area contributed by atoms with Crippen LogP contribution in [-0.4, -0.2) is 67.8 Å². The zero-order chi connectivity index (χ0) is 20.9. The van der Waals surface area contributed by atoms with Gasteiger partial charge in [-0.3, -0.25) is 15.0 Å². The van der Waals surface area contributed by atoms with E-state index in [-0.39, 0.29) is 12.5 Å². The van der Waals surface area contributed by atoms with Gasteiger partial charge in [0.15, 0.2) is 11.5 Å². The largest absolute Gasteiger partial charge is 0.486 e. The van der Waals surface area contributed by atoms with Gasteiger partial charge in [-0.15, -0.1) is 0 Å². The molecule has 2 aromatic rings. The number of amides is 3. The number of benzene rings is 1. The van der Waals surface area contributed by atoms with Gasteiger partial charge in [-0.2, -0.15) is 0 Å². The molecule has 30 heavy (non-hydrogen) atoms. The maximum absolute atomic E-state index is 12.2. The Hall–Kier alpha value is -2.85. The van der Waals surface area contributed by atoms with Gasteiger partial charge in [-0.25, -0.2) is 9.78 Å². The van der Waals surface area contributed by atoms with Crippen molar-refractivity contribution in [2.45, 2.75) is 0 Å². The predicted octanol–water partition coefficient (Wildman–Crippen LogP) is 2.09. The van der Waals surface area contributed by atoms with Crippen LogP contribution in [-0.2, 0) is 4.79 Å². The van der Waals surface area contributed by atoms with Crippen molar-refractivity contribution in [2.75, 3.05) is 56.2 Å². The van der Waals surface area contributed by atoms with Crippen molar-refractivity contribution in [1.82, 2.24) is 15.2 Å². The van der Waals surface area contributed by atoms with Crippen LogP contribution >= 0.6 is 15.9 Å². The van der Waals surface area contributed by atoms with Gasteiger partial charge in [0.2, 0.25) is 5.91 Å². The van der Waals surface area contributed by atoms with Gasteiger partial charge in [0.05, 0.1) is 6.54 Å². The molecular weight excluding hydrogens is 454 g/mol. The highest BCUT2D eigenvalue weighted by atomic mass is 79.9. The van der Waals surface area contributed by atoms with Crippen molar-refractivity contribution in [2.24, 2.45) is 0 Å². The van der Waals surface area contributed by atoms with Gasteiger partial charge >= 0.3 is 6.03 Å². The first-order valence-corrected chi connectivity index (χ1v) is 10.5. The van der Waals surface area contributed by atoms with Crippen LogP contribution in [0.3, 0.4) is 0 Å². The van der Waals surface area contributed by atoms with Crippen LogP contribution in [0.5, 0.6) is 11.5 Å².